The summed E-state index contributed by atoms with van der Waals surface area (Å²) in [6, 6.07) is 9.82. The molecule has 1 unspecified atom stereocenters. The van der Waals surface area contributed by atoms with Gasteiger partial charge in [0.15, 0.2) is 0 Å². The maximum atomic E-state index is 13.8. The van der Waals surface area contributed by atoms with Gasteiger partial charge in [0, 0.05) is 12.5 Å². The highest BCUT2D eigenvalue weighted by Crippen LogP contribution is 2.24. The van der Waals surface area contributed by atoms with Gasteiger partial charge in [-0.3, -0.25) is 19.3 Å². The minimum Gasteiger partial charge on any atom is -0.508 e. The van der Waals surface area contributed by atoms with Gasteiger partial charge in [0.1, 0.15) is 5.75 Å². The first-order chi connectivity index (χ1) is 16.0. The fraction of sp³-hybridized carbons (Fsp3) is 0.444. The van der Waals surface area contributed by atoms with Crippen LogP contribution in [0.3, 0.4) is 0 Å². The van der Waals surface area contributed by atoms with E-state index in [9.17, 15) is 19.5 Å². The summed E-state index contributed by atoms with van der Waals surface area (Å²) in [6.45, 7) is 7.65. The molecule has 7 nitrogen and oxygen atoms in total. The Morgan fingerprint density at radius 2 is 1.62 bits per heavy atom. The van der Waals surface area contributed by atoms with Crippen molar-refractivity contribution in [2.75, 3.05) is 14.1 Å². The Labute approximate surface area is 201 Å². The van der Waals surface area contributed by atoms with Crippen molar-refractivity contribution in [3.8, 4) is 5.75 Å². The predicted octanol–water partition coefficient (Wildman–Crippen LogP) is 2.73. The topological polar surface area (TPSA) is 90.0 Å². The number of amides is 3. The molecule has 7 heteroatoms. The predicted molar refractivity (Wildman–Crippen MR) is 131 cm³/mol. The molecule has 0 aromatic heterocycles. The summed E-state index contributed by atoms with van der Waals surface area (Å²) in [6.07, 6.45) is 0.743. The number of nitrogens with zero attached hydrogens (tertiary/aromatic N) is 2. The van der Waals surface area contributed by atoms with Crippen molar-refractivity contribution in [3.63, 3.8) is 0 Å². The van der Waals surface area contributed by atoms with E-state index >= 15 is 0 Å². The maximum absolute atomic E-state index is 13.8. The molecule has 182 valence electrons. The summed E-state index contributed by atoms with van der Waals surface area (Å²) in [7, 11) is 3.54. The Hall–Kier alpha value is -3.03. The zero-order valence-corrected chi connectivity index (χ0v) is 20.9. The average Bonchev–Trinajstić information content (AvgIpc) is 2.77. The highest BCUT2D eigenvalue weighted by Gasteiger charge is 2.40. The molecule has 3 amide bonds. The van der Waals surface area contributed by atoms with Crippen LogP contribution in [-0.2, 0) is 33.8 Å². The van der Waals surface area contributed by atoms with Gasteiger partial charge in [0.05, 0.1) is 12.1 Å². The largest absolute Gasteiger partial charge is 0.508 e. The Morgan fingerprint density at radius 3 is 2.18 bits per heavy atom. The molecule has 2 atom stereocenters. The summed E-state index contributed by atoms with van der Waals surface area (Å²) in [5.41, 5.74) is 4.79. The van der Waals surface area contributed by atoms with Gasteiger partial charge in [-0.15, -0.1) is 0 Å². The summed E-state index contributed by atoms with van der Waals surface area (Å²) in [5.74, 6) is -1.88. The second-order valence-electron chi connectivity index (χ2n) is 9.65. The van der Waals surface area contributed by atoms with Gasteiger partial charge in [-0.2, -0.15) is 0 Å². The lowest BCUT2D eigenvalue weighted by Crippen LogP contribution is -2.58. The Bertz CT molecular complexity index is 1070. The lowest BCUT2D eigenvalue weighted by molar-refractivity contribution is -0.158. The van der Waals surface area contributed by atoms with Crippen molar-refractivity contribution in [1.82, 2.24) is 15.1 Å². The first kappa shape index (κ1) is 25.6. The summed E-state index contributed by atoms with van der Waals surface area (Å²) < 4.78 is 0. The third kappa shape index (κ3) is 5.37. The van der Waals surface area contributed by atoms with E-state index in [4.69, 9.17) is 0 Å². The number of carbonyl (C=O) groups excluding carboxylic acids is 3. The normalized spacial score (nSPS) is 16.3. The second kappa shape index (κ2) is 10.5. The molecule has 1 aliphatic rings. The second-order valence-corrected chi connectivity index (χ2v) is 9.65. The van der Waals surface area contributed by atoms with Crippen molar-refractivity contribution in [2.24, 2.45) is 5.92 Å². The molecule has 2 aromatic rings. The first-order valence-electron chi connectivity index (χ1n) is 11.7. The van der Waals surface area contributed by atoms with Crippen molar-refractivity contribution in [1.29, 1.82) is 0 Å². The first-order valence-corrected chi connectivity index (χ1v) is 11.7. The fourth-order valence-electron chi connectivity index (χ4n) is 4.49. The fourth-order valence-corrected chi connectivity index (χ4v) is 4.49. The quantitative estimate of drug-likeness (QED) is 0.682. The number of aryl methyl sites for hydroxylation is 2. The van der Waals surface area contributed by atoms with Gasteiger partial charge < -0.3 is 10.4 Å². The van der Waals surface area contributed by atoms with E-state index in [-0.39, 0.29) is 5.75 Å². The summed E-state index contributed by atoms with van der Waals surface area (Å²) in [4.78, 5) is 43.2. The molecule has 0 fully saturated rings. The number of imide groups is 3. The van der Waals surface area contributed by atoms with Crippen LogP contribution in [0.1, 0.15) is 41.7 Å². The number of likely N-dealkylation sites (N-methyl/N-ethyl adjacent to an activating group) is 1. The van der Waals surface area contributed by atoms with Crippen LogP contribution in [0.15, 0.2) is 36.4 Å². The molecule has 1 heterocycles. The minimum atomic E-state index is -0.718. The third-order valence-electron chi connectivity index (χ3n) is 6.52. The van der Waals surface area contributed by atoms with E-state index in [1.165, 1.54) is 0 Å². The van der Waals surface area contributed by atoms with Crippen molar-refractivity contribution >= 4 is 17.7 Å². The van der Waals surface area contributed by atoms with Crippen LogP contribution < -0.4 is 5.32 Å². The maximum Gasteiger partial charge on any atom is 0.253 e. The number of fused-ring (bicyclic) bond motifs is 1. The van der Waals surface area contributed by atoms with Gasteiger partial charge in [0.25, 0.3) is 11.8 Å². The van der Waals surface area contributed by atoms with Crippen LogP contribution in [0.5, 0.6) is 5.75 Å². The van der Waals surface area contributed by atoms with E-state index < -0.39 is 35.7 Å². The van der Waals surface area contributed by atoms with Crippen molar-refractivity contribution in [2.45, 2.75) is 59.2 Å². The molecule has 0 radical (unpaired) electrons. The molecule has 0 saturated heterocycles. The molecule has 3 rings (SSSR count). The number of phenolic OH excluding ortho intramolecular Hbond substituents is 1. The molecule has 0 spiro atoms. The lowest BCUT2D eigenvalue weighted by Gasteiger charge is -2.33. The molecule has 1 aliphatic heterocycles. The number of nitrogens with one attached hydrogen (secondary N) is 1. The Balaban J connectivity index is 1.93. The van der Waals surface area contributed by atoms with Gasteiger partial charge in [-0.05, 0) is 80.7 Å². The van der Waals surface area contributed by atoms with E-state index in [0.29, 0.717) is 19.4 Å². The Morgan fingerprint density at radius 1 is 1.03 bits per heavy atom. The zero-order chi connectivity index (χ0) is 25.2. The molecular formula is C27H35N3O4. The molecule has 0 aliphatic carbocycles. The molecule has 2 aromatic carbocycles. The summed E-state index contributed by atoms with van der Waals surface area (Å²) >= 11 is 0. The van der Waals surface area contributed by atoms with Crippen LogP contribution in [0, 0.1) is 19.8 Å². The lowest BCUT2D eigenvalue weighted by atomic mass is 9.93. The van der Waals surface area contributed by atoms with Crippen LogP contribution in [-0.4, -0.2) is 58.8 Å². The van der Waals surface area contributed by atoms with E-state index in [0.717, 1.165) is 32.7 Å². The van der Waals surface area contributed by atoms with Crippen molar-refractivity contribution in [3.05, 3.63) is 64.2 Å². The van der Waals surface area contributed by atoms with Crippen LogP contribution in [0.4, 0.5) is 0 Å². The SMILES string of the molecule is Cc1cc(O)cc(C)c1C[C@@H](C(=O)N(C(=O)C(C)C)C(=O)C1Cc2ccccc2CN1)N(C)C. The molecule has 0 bridgehead atoms. The number of aromatic hydroxyl groups is 1. The average molecular weight is 466 g/mol. The number of hydrogen-bond donors (Lipinski definition) is 2. The Kier molecular flexibility index (Phi) is 7.89. The van der Waals surface area contributed by atoms with E-state index in [1.807, 2.05) is 38.1 Å². The smallest absolute Gasteiger partial charge is 0.253 e. The monoisotopic (exact) mass is 465 g/mol. The highest BCUT2D eigenvalue weighted by molar-refractivity contribution is 6.14. The standard InChI is InChI=1S/C27H35N3O4/c1-16(2)25(32)30(26(33)23-13-19-9-7-8-10-20(19)15-28-23)27(34)24(29(5)6)14-22-17(3)11-21(31)12-18(22)4/h7-12,16,23-24,28,31H,13-15H2,1-6H3/t23?,24-/m0/s1. The van der Waals surface area contributed by atoms with Crippen LogP contribution in [0.2, 0.25) is 0 Å². The zero-order valence-electron chi connectivity index (χ0n) is 20.9. The van der Waals surface area contributed by atoms with Crippen LogP contribution >= 0.6 is 0 Å². The molecule has 2 N–H and O–H groups in total. The van der Waals surface area contributed by atoms with E-state index in [1.54, 1.807) is 45.0 Å². The number of phenols is 1. The van der Waals surface area contributed by atoms with Gasteiger partial charge in [0.2, 0.25) is 5.91 Å². The van der Waals surface area contributed by atoms with Crippen LogP contribution in [0.25, 0.3) is 0 Å². The third-order valence-corrected chi connectivity index (χ3v) is 6.52. The van der Waals surface area contributed by atoms with E-state index in [2.05, 4.69) is 5.32 Å². The minimum absolute atomic E-state index is 0.168. The molecular weight excluding hydrogens is 430 g/mol. The van der Waals surface area contributed by atoms with Gasteiger partial charge in [-0.1, -0.05) is 38.1 Å². The van der Waals surface area contributed by atoms with Crippen molar-refractivity contribution < 1.29 is 19.5 Å². The number of hydrogen-bond acceptors (Lipinski definition) is 6. The number of benzene rings is 2. The van der Waals surface area contributed by atoms with Gasteiger partial charge in [-0.25, -0.2) is 4.90 Å². The number of carbonyl (C=O) groups is 3. The number of rotatable bonds is 6. The highest BCUT2D eigenvalue weighted by atomic mass is 16.3. The molecule has 34 heavy (non-hydrogen) atoms. The van der Waals surface area contributed by atoms with Gasteiger partial charge >= 0.3 is 0 Å². The molecule has 0 saturated carbocycles. The summed E-state index contributed by atoms with van der Waals surface area (Å²) in [5, 5.41) is 13.1.